The molecule has 0 radical (unpaired) electrons. The zero-order valence-electron chi connectivity index (χ0n) is 20.7. The molecule has 1 amide bonds. The van der Waals surface area contributed by atoms with E-state index in [4.69, 9.17) is 14.1 Å². The van der Waals surface area contributed by atoms with Crippen LogP contribution in [0.2, 0.25) is 0 Å². The third-order valence-corrected chi connectivity index (χ3v) is 6.05. The molecule has 8 nitrogen and oxygen atoms in total. The fourth-order valence-corrected chi connectivity index (χ4v) is 4.18. The molecule has 0 bridgehead atoms. The Morgan fingerprint density at radius 3 is 2.54 bits per heavy atom. The summed E-state index contributed by atoms with van der Waals surface area (Å²) in [5.74, 6) is 0.830. The molecule has 0 aliphatic rings. The number of nitrogens with one attached hydrogen (secondary N) is 1. The molecule has 0 saturated carbocycles. The van der Waals surface area contributed by atoms with Crippen molar-refractivity contribution >= 4 is 39.7 Å². The summed E-state index contributed by atoms with van der Waals surface area (Å²) in [5, 5.41) is 8.61. The standard InChI is InChI=1S/C31H22N4O4/c36-29(33-23-12-2-1-3-13-23)20-38-26-16-8-5-11-22(26)19-32-35-30(28-18-21-10-4-9-17-27(21)39-28)34-25-15-7-6-14-24(25)31(35)37/h1-19H,20H2,(H,33,36). The van der Waals surface area contributed by atoms with Crippen LogP contribution in [-0.4, -0.2) is 28.4 Å². The van der Waals surface area contributed by atoms with Gasteiger partial charge in [-0.3, -0.25) is 9.59 Å². The van der Waals surface area contributed by atoms with E-state index in [-0.39, 0.29) is 23.9 Å². The minimum atomic E-state index is -0.340. The van der Waals surface area contributed by atoms with Crippen LogP contribution in [0.4, 0.5) is 5.69 Å². The van der Waals surface area contributed by atoms with Gasteiger partial charge in [0.15, 0.2) is 12.4 Å². The van der Waals surface area contributed by atoms with E-state index in [2.05, 4.69) is 10.4 Å². The van der Waals surface area contributed by atoms with Crippen molar-refractivity contribution in [2.45, 2.75) is 0 Å². The molecule has 2 aromatic heterocycles. The zero-order valence-corrected chi connectivity index (χ0v) is 20.7. The lowest BCUT2D eigenvalue weighted by molar-refractivity contribution is -0.118. The van der Waals surface area contributed by atoms with Gasteiger partial charge in [-0.05, 0) is 48.5 Å². The van der Waals surface area contributed by atoms with Crippen molar-refractivity contribution in [3.05, 3.63) is 125 Å². The number of anilines is 1. The summed E-state index contributed by atoms with van der Waals surface area (Å²) < 4.78 is 13.0. The summed E-state index contributed by atoms with van der Waals surface area (Å²) in [6.07, 6.45) is 1.51. The molecule has 6 rings (SSSR count). The highest BCUT2D eigenvalue weighted by atomic mass is 16.5. The molecule has 0 atom stereocenters. The zero-order chi connectivity index (χ0) is 26.6. The molecule has 8 heteroatoms. The molecule has 4 aromatic carbocycles. The number of nitrogens with zero attached hydrogens (tertiary/aromatic N) is 3. The third-order valence-electron chi connectivity index (χ3n) is 6.05. The van der Waals surface area contributed by atoms with Gasteiger partial charge in [0.05, 0.1) is 17.1 Å². The Morgan fingerprint density at radius 2 is 1.67 bits per heavy atom. The van der Waals surface area contributed by atoms with Gasteiger partial charge in [-0.15, -0.1) is 0 Å². The SMILES string of the molecule is O=C(COc1ccccc1C=Nn1c(-c2cc3ccccc3o2)nc2ccccc2c1=O)Nc1ccccc1. The normalized spacial score (nSPS) is 11.3. The first-order chi connectivity index (χ1) is 19.2. The Balaban J connectivity index is 1.34. The van der Waals surface area contributed by atoms with Gasteiger partial charge in [0, 0.05) is 16.6 Å². The van der Waals surface area contributed by atoms with E-state index in [0.29, 0.717) is 39.2 Å². The van der Waals surface area contributed by atoms with Gasteiger partial charge < -0.3 is 14.5 Å². The van der Waals surface area contributed by atoms with E-state index >= 15 is 0 Å². The van der Waals surface area contributed by atoms with E-state index in [1.165, 1.54) is 10.9 Å². The van der Waals surface area contributed by atoms with Crippen LogP contribution >= 0.6 is 0 Å². The van der Waals surface area contributed by atoms with Crippen molar-refractivity contribution in [1.29, 1.82) is 0 Å². The number of hydrogen-bond donors (Lipinski definition) is 1. The number of para-hydroxylation sites is 4. The van der Waals surface area contributed by atoms with E-state index in [1.54, 1.807) is 48.5 Å². The highest BCUT2D eigenvalue weighted by Gasteiger charge is 2.16. The van der Waals surface area contributed by atoms with Crippen LogP contribution in [0.5, 0.6) is 5.75 Å². The molecule has 6 aromatic rings. The van der Waals surface area contributed by atoms with Crippen molar-refractivity contribution in [2.24, 2.45) is 5.10 Å². The molecular formula is C31H22N4O4. The number of fused-ring (bicyclic) bond motifs is 2. The second kappa shape index (κ2) is 10.5. The Hall–Kier alpha value is -5.50. The molecule has 0 saturated heterocycles. The molecule has 1 N–H and O–H groups in total. The van der Waals surface area contributed by atoms with Gasteiger partial charge in [0.2, 0.25) is 5.82 Å². The first kappa shape index (κ1) is 23.9. The molecule has 190 valence electrons. The summed E-state index contributed by atoms with van der Waals surface area (Å²) in [6.45, 7) is -0.193. The van der Waals surface area contributed by atoms with Crippen molar-refractivity contribution < 1.29 is 13.9 Å². The number of amides is 1. The highest BCUT2D eigenvalue weighted by molar-refractivity contribution is 5.92. The molecule has 0 spiro atoms. The number of ether oxygens (including phenoxy) is 1. The molecule has 0 fully saturated rings. The maximum atomic E-state index is 13.5. The molecule has 39 heavy (non-hydrogen) atoms. The number of rotatable bonds is 7. The average molecular weight is 515 g/mol. The second-order valence-electron chi connectivity index (χ2n) is 8.70. The highest BCUT2D eigenvalue weighted by Crippen LogP contribution is 2.27. The lowest BCUT2D eigenvalue weighted by atomic mass is 10.2. The maximum absolute atomic E-state index is 13.5. The van der Waals surface area contributed by atoms with Gasteiger partial charge in [-0.1, -0.05) is 60.7 Å². The van der Waals surface area contributed by atoms with Crippen molar-refractivity contribution in [2.75, 3.05) is 11.9 Å². The van der Waals surface area contributed by atoms with E-state index < -0.39 is 0 Å². The number of carbonyl (C=O) groups is 1. The van der Waals surface area contributed by atoms with Crippen molar-refractivity contribution in [3.63, 3.8) is 0 Å². The smallest absolute Gasteiger partial charge is 0.282 e. The first-order valence-corrected chi connectivity index (χ1v) is 12.3. The minimum absolute atomic E-state index is 0.193. The van der Waals surface area contributed by atoms with Gasteiger partial charge in [0.25, 0.3) is 11.5 Å². The summed E-state index contributed by atoms with van der Waals surface area (Å²) in [6, 6.07) is 32.8. The van der Waals surface area contributed by atoms with E-state index in [0.717, 1.165) is 5.39 Å². The predicted molar refractivity (Wildman–Crippen MR) is 151 cm³/mol. The van der Waals surface area contributed by atoms with Crippen LogP contribution in [-0.2, 0) is 4.79 Å². The molecular weight excluding hydrogens is 492 g/mol. The largest absolute Gasteiger partial charge is 0.483 e. The molecule has 0 unspecified atom stereocenters. The van der Waals surface area contributed by atoms with Gasteiger partial charge in [-0.25, -0.2) is 4.98 Å². The summed E-state index contributed by atoms with van der Waals surface area (Å²) in [4.78, 5) is 30.6. The Bertz CT molecular complexity index is 1860. The molecule has 0 aliphatic carbocycles. The lowest BCUT2D eigenvalue weighted by Gasteiger charge is -2.10. The number of furan rings is 1. The summed E-state index contributed by atoms with van der Waals surface area (Å²) in [5.41, 5.74) is 2.14. The van der Waals surface area contributed by atoms with Gasteiger partial charge in [0.1, 0.15) is 11.3 Å². The Kier molecular flexibility index (Phi) is 6.41. The van der Waals surface area contributed by atoms with Gasteiger partial charge >= 0.3 is 0 Å². The van der Waals surface area contributed by atoms with Crippen LogP contribution in [0.1, 0.15) is 5.56 Å². The quantitative estimate of drug-likeness (QED) is 0.275. The van der Waals surface area contributed by atoms with Crippen LogP contribution in [0.3, 0.4) is 0 Å². The maximum Gasteiger partial charge on any atom is 0.282 e. The van der Waals surface area contributed by atoms with Crippen molar-refractivity contribution in [1.82, 2.24) is 9.66 Å². The first-order valence-electron chi connectivity index (χ1n) is 12.3. The third kappa shape index (κ3) is 5.03. The second-order valence-corrected chi connectivity index (χ2v) is 8.70. The van der Waals surface area contributed by atoms with Crippen LogP contribution < -0.4 is 15.6 Å². The summed E-state index contributed by atoms with van der Waals surface area (Å²) >= 11 is 0. The van der Waals surface area contributed by atoms with Crippen LogP contribution in [0.15, 0.2) is 124 Å². The Morgan fingerprint density at radius 1 is 0.923 bits per heavy atom. The average Bonchev–Trinajstić information content (AvgIpc) is 3.41. The van der Waals surface area contributed by atoms with Crippen LogP contribution in [0.25, 0.3) is 33.5 Å². The lowest BCUT2D eigenvalue weighted by Crippen LogP contribution is -2.21. The number of benzene rings is 4. The predicted octanol–water partition coefficient (Wildman–Crippen LogP) is 5.71. The number of aromatic nitrogens is 2. The number of carbonyl (C=O) groups excluding carboxylic acids is 1. The molecule has 0 aliphatic heterocycles. The summed E-state index contributed by atoms with van der Waals surface area (Å²) in [7, 11) is 0. The monoisotopic (exact) mass is 514 g/mol. The fraction of sp³-hybridized carbons (Fsp3) is 0.0323. The van der Waals surface area contributed by atoms with E-state index in [1.807, 2.05) is 60.7 Å². The van der Waals surface area contributed by atoms with Gasteiger partial charge in [-0.2, -0.15) is 9.78 Å². The Labute approximate surface area is 222 Å². The van der Waals surface area contributed by atoms with Crippen LogP contribution in [0, 0.1) is 0 Å². The van der Waals surface area contributed by atoms with Crippen molar-refractivity contribution in [3.8, 4) is 17.3 Å². The minimum Gasteiger partial charge on any atom is -0.483 e. The fourth-order valence-electron chi connectivity index (χ4n) is 4.18. The molecule has 2 heterocycles. The number of hydrogen-bond acceptors (Lipinski definition) is 6. The van der Waals surface area contributed by atoms with E-state index in [9.17, 15) is 9.59 Å². The topological polar surface area (TPSA) is 98.7 Å².